The van der Waals surface area contributed by atoms with Gasteiger partial charge in [0.1, 0.15) is 0 Å². The quantitative estimate of drug-likeness (QED) is 0.711. The minimum Gasteiger partial charge on any atom is -0.375 e. The van der Waals surface area contributed by atoms with Crippen LogP contribution in [0.1, 0.15) is 52.7 Å². The summed E-state index contributed by atoms with van der Waals surface area (Å²) < 4.78 is 0. The predicted molar refractivity (Wildman–Crippen MR) is 78.2 cm³/mol. The molecule has 0 amide bonds. The highest BCUT2D eigenvalue weighted by molar-refractivity contribution is 7.99. The van der Waals surface area contributed by atoms with Gasteiger partial charge in [0.15, 0.2) is 0 Å². The van der Waals surface area contributed by atoms with Crippen molar-refractivity contribution in [3.8, 4) is 0 Å². The van der Waals surface area contributed by atoms with Gasteiger partial charge < -0.3 is 5.32 Å². The Morgan fingerprint density at radius 3 is 2.00 bits per heavy atom. The number of nitrogens with one attached hydrogen (secondary N) is 1. The molecule has 2 heteroatoms. The lowest BCUT2D eigenvalue weighted by Crippen LogP contribution is -2.22. The Kier molecular flexibility index (Phi) is 2.97. The molecule has 0 aliphatic carbocycles. The Bertz CT molecular complexity index is 394. The molecule has 1 nitrogen and oxygen atoms in total. The van der Waals surface area contributed by atoms with Gasteiger partial charge in [-0.15, -0.1) is 11.8 Å². The summed E-state index contributed by atoms with van der Waals surface area (Å²) >= 11 is 1.91. The molecule has 0 radical (unpaired) electrons. The number of anilines is 1. The van der Waals surface area contributed by atoms with Gasteiger partial charge in [-0.25, -0.2) is 0 Å². The minimum absolute atomic E-state index is 0.201. The number of benzene rings is 1. The van der Waals surface area contributed by atoms with Crippen LogP contribution in [0.5, 0.6) is 0 Å². The molecule has 0 saturated carbocycles. The Balaban J connectivity index is 2.64. The molecule has 1 aromatic carbocycles. The molecule has 94 valence electrons. The highest BCUT2D eigenvalue weighted by Gasteiger charge is 2.27. The van der Waals surface area contributed by atoms with Crippen LogP contribution in [0.4, 0.5) is 5.69 Å². The van der Waals surface area contributed by atoms with Gasteiger partial charge in [0.05, 0.1) is 5.88 Å². The van der Waals surface area contributed by atoms with Gasteiger partial charge in [-0.2, -0.15) is 0 Å². The van der Waals surface area contributed by atoms with Crippen LogP contribution in [0.25, 0.3) is 0 Å². The largest absolute Gasteiger partial charge is 0.375 e. The van der Waals surface area contributed by atoms with Crippen molar-refractivity contribution in [3.63, 3.8) is 0 Å². The molecule has 0 aromatic heterocycles. The van der Waals surface area contributed by atoms with Crippen LogP contribution in [0, 0.1) is 0 Å². The van der Waals surface area contributed by atoms with E-state index >= 15 is 0 Å². The summed E-state index contributed by atoms with van der Waals surface area (Å²) in [6.07, 6.45) is 0. The van der Waals surface area contributed by atoms with Crippen LogP contribution in [0.3, 0.4) is 0 Å². The zero-order chi connectivity index (χ0) is 12.8. The second-order valence-corrected chi connectivity index (χ2v) is 7.88. The van der Waals surface area contributed by atoms with Crippen LogP contribution < -0.4 is 5.32 Å². The smallest absolute Gasteiger partial charge is 0.0658 e. The molecular formula is C15H23NS. The molecule has 1 N–H and O–H groups in total. The average molecular weight is 249 g/mol. The summed E-state index contributed by atoms with van der Waals surface area (Å²) in [6.45, 7) is 13.8. The molecule has 0 fully saturated rings. The first-order valence-corrected chi connectivity index (χ1v) is 7.24. The van der Waals surface area contributed by atoms with E-state index in [2.05, 4.69) is 59.0 Å². The fraction of sp³-hybridized carbons (Fsp3) is 0.600. The van der Waals surface area contributed by atoms with Crippen molar-refractivity contribution in [3.05, 3.63) is 23.3 Å². The van der Waals surface area contributed by atoms with Crippen molar-refractivity contribution in [1.29, 1.82) is 0 Å². The Hall–Kier alpha value is -0.630. The van der Waals surface area contributed by atoms with E-state index in [1.807, 2.05) is 11.8 Å². The number of fused-ring (bicyclic) bond motifs is 1. The lowest BCUT2D eigenvalue weighted by atomic mass is 9.75. The zero-order valence-electron chi connectivity index (χ0n) is 11.8. The van der Waals surface area contributed by atoms with Gasteiger partial charge in [-0.05, 0) is 34.1 Å². The summed E-state index contributed by atoms with van der Waals surface area (Å²) in [5.74, 6) is 1.01. The second-order valence-electron chi connectivity index (χ2n) is 6.86. The molecule has 0 unspecified atom stereocenters. The highest BCUT2D eigenvalue weighted by Crippen LogP contribution is 2.42. The number of thioether (sulfide) groups is 1. The maximum absolute atomic E-state index is 3.45. The van der Waals surface area contributed by atoms with Gasteiger partial charge >= 0.3 is 0 Å². The van der Waals surface area contributed by atoms with Crippen molar-refractivity contribution >= 4 is 17.4 Å². The zero-order valence-corrected chi connectivity index (χ0v) is 12.6. The molecule has 0 atom stereocenters. The minimum atomic E-state index is 0.201. The van der Waals surface area contributed by atoms with E-state index in [-0.39, 0.29) is 10.8 Å². The van der Waals surface area contributed by atoms with Crippen LogP contribution in [-0.4, -0.2) is 5.88 Å². The third-order valence-corrected chi connectivity index (χ3v) is 4.16. The molecular weight excluding hydrogens is 226 g/mol. The second kappa shape index (κ2) is 3.94. The first-order valence-electron chi connectivity index (χ1n) is 6.25. The van der Waals surface area contributed by atoms with Crippen LogP contribution in [0.2, 0.25) is 0 Å². The van der Waals surface area contributed by atoms with E-state index in [4.69, 9.17) is 0 Å². The highest BCUT2D eigenvalue weighted by atomic mass is 32.2. The van der Waals surface area contributed by atoms with Crippen molar-refractivity contribution in [1.82, 2.24) is 0 Å². The van der Waals surface area contributed by atoms with Gasteiger partial charge in [0.2, 0.25) is 0 Å². The van der Waals surface area contributed by atoms with Crippen LogP contribution >= 0.6 is 11.8 Å². The van der Waals surface area contributed by atoms with Gasteiger partial charge in [-0.3, -0.25) is 0 Å². The third kappa shape index (κ3) is 2.47. The van der Waals surface area contributed by atoms with Gasteiger partial charge in [-0.1, -0.05) is 41.5 Å². The van der Waals surface area contributed by atoms with Crippen molar-refractivity contribution in [2.75, 3.05) is 11.2 Å². The maximum atomic E-state index is 3.45. The molecule has 1 aliphatic rings. The predicted octanol–water partition coefficient (Wildman–Crippen LogP) is 4.76. The SMILES string of the molecule is CC(C)(C)c1cc2c(cc1C(C)(C)C)SCN2. The molecule has 0 saturated heterocycles. The van der Waals surface area contributed by atoms with Crippen molar-refractivity contribution < 1.29 is 0 Å². The monoisotopic (exact) mass is 249 g/mol. The Morgan fingerprint density at radius 1 is 0.941 bits per heavy atom. The lowest BCUT2D eigenvalue weighted by Gasteiger charge is -2.30. The Labute approximate surface area is 109 Å². The van der Waals surface area contributed by atoms with Crippen molar-refractivity contribution in [2.24, 2.45) is 0 Å². The maximum Gasteiger partial charge on any atom is 0.0658 e. The van der Waals surface area contributed by atoms with E-state index in [0.29, 0.717) is 0 Å². The van der Waals surface area contributed by atoms with E-state index < -0.39 is 0 Å². The number of rotatable bonds is 0. The molecule has 1 aliphatic heterocycles. The van der Waals surface area contributed by atoms with Gasteiger partial charge in [0, 0.05) is 10.6 Å². The summed E-state index contributed by atoms with van der Waals surface area (Å²) in [5, 5.41) is 3.45. The van der Waals surface area contributed by atoms with Crippen LogP contribution in [0.15, 0.2) is 17.0 Å². The molecule has 1 heterocycles. The number of hydrogen-bond acceptors (Lipinski definition) is 2. The van der Waals surface area contributed by atoms with Gasteiger partial charge in [0.25, 0.3) is 0 Å². The standard InChI is InChI=1S/C15H23NS/c1-14(2,3)10-7-12-13(17-9-16-12)8-11(10)15(4,5)6/h7-8,16H,9H2,1-6H3. The Morgan fingerprint density at radius 2 is 1.47 bits per heavy atom. The molecule has 0 spiro atoms. The topological polar surface area (TPSA) is 12.0 Å². The summed E-state index contributed by atoms with van der Waals surface area (Å²) in [7, 11) is 0. The first-order chi connectivity index (χ1) is 7.69. The summed E-state index contributed by atoms with van der Waals surface area (Å²) in [4.78, 5) is 1.41. The lowest BCUT2D eigenvalue weighted by molar-refractivity contribution is 0.529. The third-order valence-electron chi connectivity index (χ3n) is 3.23. The fourth-order valence-corrected chi connectivity index (χ4v) is 3.14. The fourth-order valence-electron chi connectivity index (χ4n) is 2.27. The van der Waals surface area contributed by atoms with E-state index in [1.165, 1.54) is 21.7 Å². The summed E-state index contributed by atoms with van der Waals surface area (Å²) in [6, 6.07) is 4.75. The van der Waals surface area contributed by atoms with E-state index in [1.54, 1.807) is 0 Å². The molecule has 0 bridgehead atoms. The molecule has 1 aromatic rings. The van der Waals surface area contributed by atoms with E-state index in [9.17, 15) is 0 Å². The van der Waals surface area contributed by atoms with Crippen molar-refractivity contribution in [2.45, 2.75) is 57.3 Å². The summed E-state index contributed by atoms with van der Waals surface area (Å²) in [5.41, 5.74) is 4.68. The molecule has 2 rings (SSSR count). The van der Waals surface area contributed by atoms with E-state index in [0.717, 1.165) is 5.88 Å². The normalized spacial score (nSPS) is 15.6. The van der Waals surface area contributed by atoms with Crippen LogP contribution in [-0.2, 0) is 10.8 Å². The number of hydrogen-bond donors (Lipinski definition) is 1. The average Bonchev–Trinajstić information content (AvgIpc) is 2.59. The first kappa shape index (κ1) is 12.8. The molecule has 17 heavy (non-hydrogen) atoms.